The Balaban J connectivity index is 2.24. The topological polar surface area (TPSA) is 38.0 Å². The second kappa shape index (κ2) is 7.55. The summed E-state index contributed by atoms with van der Waals surface area (Å²) in [7, 11) is 0. The SMILES string of the molecule is CCC(c1ccccc1)C(Cc1cc(Cl)ccc1F)NN. The van der Waals surface area contributed by atoms with Crippen LogP contribution in [0, 0.1) is 5.82 Å². The van der Waals surface area contributed by atoms with Crippen LogP contribution in [-0.2, 0) is 6.42 Å². The van der Waals surface area contributed by atoms with Crippen LogP contribution in [0.4, 0.5) is 4.39 Å². The fourth-order valence-corrected chi connectivity index (χ4v) is 2.90. The molecule has 0 bridgehead atoms. The third kappa shape index (κ3) is 4.03. The van der Waals surface area contributed by atoms with E-state index in [4.69, 9.17) is 17.4 Å². The van der Waals surface area contributed by atoms with Crippen molar-refractivity contribution in [3.05, 3.63) is 70.5 Å². The average Bonchev–Trinajstić information content (AvgIpc) is 2.51. The van der Waals surface area contributed by atoms with Gasteiger partial charge in [-0.25, -0.2) is 4.39 Å². The molecule has 2 aromatic carbocycles. The van der Waals surface area contributed by atoms with Crippen molar-refractivity contribution in [3.63, 3.8) is 0 Å². The lowest BCUT2D eigenvalue weighted by molar-refractivity contribution is 0.421. The van der Waals surface area contributed by atoms with Gasteiger partial charge in [0.25, 0.3) is 0 Å². The fraction of sp³-hybridized carbons (Fsp3) is 0.294. The Hall–Kier alpha value is -1.42. The van der Waals surface area contributed by atoms with E-state index in [1.54, 1.807) is 12.1 Å². The smallest absolute Gasteiger partial charge is 0.126 e. The Bertz CT molecular complexity index is 574. The zero-order valence-electron chi connectivity index (χ0n) is 12.0. The van der Waals surface area contributed by atoms with E-state index in [1.807, 2.05) is 18.2 Å². The second-order valence-electron chi connectivity index (χ2n) is 5.14. The van der Waals surface area contributed by atoms with Crippen LogP contribution >= 0.6 is 11.6 Å². The van der Waals surface area contributed by atoms with Crippen LogP contribution in [0.3, 0.4) is 0 Å². The molecule has 0 heterocycles. The minimum absolute atomic E-state index is 0.0506. The summed E-state index contributed by atoms with van der Waals surface area (Å²) >= 11 is 5.96. The first-order chi connectivity index (χ1) is 10.2. The number of hydrogen-bond acceptors (Lipinski definition) is 2. The first-order valence-corrected chi connectivity index (χ1v) is 7.48. The number of halogens is 2. The molecule has 2 rings (SSSR count). The van der Waals surface area contributed by atoms with Gasteiger partial charge in [0.05, 0.1) is 0 Å². The van der Waals surface area contributed by atoms with Gasteiger partial charge in [0.1, 0.15) is 5.82 Å². The highest BCUT2D eigenvalue weighted by Gasteiger charge is 2.22. The molecule has 2 nitrogen and oxygen atoms in total. The van der Waals surface area contributed by atoms with Gasteiger partial charge in [-0.15, -0.1) is 0 Å². The van der Waals surface area contributed by atoms with Gasteiger partial charge in [0.2, 0.25) is 0 Å². The third-order valence-electron chi connectivity index (χ3n) is 3.81. The zero-order valence-corrected chi connectivity index (χ0v) is 12.8. The molecule has 2 unspecified atom stereocenters. The standard InChI is InChI=1S/C17H20ClFN2/c1-2-15(12-6-4-3-5-7-12)17(21-20)11-13-10-14(18)8-9-16(13)19/h3-10,15,17,21H,2,11,20H2,1H3. The van der Waals surface area contributed by atoms with Crippen molar-refractivity contribution in [2.24, 2.45) is 5.84 Å². The molecular formula is C17H20ClFN2. The summed E-state index contributed by atoms with van der Waals surface area (Å²) in [6.45, 7) is 2.11. The molecule has 0 saturated carbocycles. The molecule has 0 fully saturated rings. The maximum atomic E-state index is 13.9. The highest BCUT2D eigenvalue weighted by molar-refractivity contribution is 6.30. The van der Waals surface area contributed by atoms with E-state index in [9.17, 15) is 4.39 Å². The van der Waals surface area contributed by atoms with Gasteiger partial charge in [-0.3, -0.25) is 11.3 Å². The molecule has 0 amide bonds. The number of nitrogens with one attached hydrogen (secondary N) is 1. The summed E-state index contributed by atoms with van der Waals surface area (Å²) in [5.41, 5.74) is 4.62. The molecule has 2 atom stereocenters. The minimum atomic E-state index is -0.248. The van der Waals surface area contributed by atoms with E-state index in [0.717, 1.165) is 6.42 Å². The maximum absolute atomic E-state index is 13.9. The lowest BCUT2D eigenvalue weighted by Gasteiger charge is -2.26. The fourth-order valence-electron chi connectivity index (χ4n) is 2.71. The molecule has 0 spiro atoms. The van der Waals surface area contributed by atoms with Crippen molar-refractivity contribution in [1.82, 2.24) is 5.43 Å². The summed E-state index contributed by atoms with van der Waals surface area (Å²) in [4.78, 5) is 0. The van der Waals surface area contributed by atoms with Crippen LogP contribution < -0.4 is 11.3 Å². The Morgan fingerprint density at radius 2 is 1.90 bits per heavy atom. The van der Waals surface area contributed by atoms with Crippen LogP contribution in [0.5, 0.6) is 0 Å². The lowest BCUT2D eigenvalue weighted by atomic mass is 9.86. The Kier molecular flexibility index (Phi) is 5.74. The average molecular weight is 307 g/mol. The van der Waals surface area contributed by atoms with E-state index in [0.29, 0.717) is 17.0 Å². The van der Waals surface area contributed by atoms with E-state index < -0.39 is 0 Å². The Morgan fingerprint density at radius 1 is 1.19 bits per heavy atom. The highest BCUT2D eigenvalue weighted by atomic mass is 35.5. The summed E-state index contributed by atoms with van der Waals surface area (Å²) in [6, 6.07) is 14.7. The molecule has 0 aromatic heterocycles. The van der Waals surface area contributed by atoms with Crippen molar-refractivity contribution in [2.45, 2.75) is 31.7 Å². The van der Waals surface area contributed by atoms with Crippen LogP contribution in [0.2, 0.25) is 5.02 Å². The monoisotopic (exact) mass is 306 g/mol. The second-order valence-corrected chi connectivity index (χ2v) is 5.57. The quantitative estimate of drug-likeness (QED) is 0.624. The predicted molar refractivity (Wildman–Crippen MR) is 85.7 cm³/mol. The van der Waals surface area contributed by atoms with Crippen molar-refractivity contribution in [2.75, 3.05) is 0 Å². The van der Waals surface area contributed by atoms with E-state index in [1.165, 1.54) is 11.6 Å². The molecule has 0 radical (unpaired) electrons. The Morgan fingerprint density at radius 3 is 2.52 bits per heavy atom. The van der Waals surface area contributed by atoms with Crippen molar-refractivity contribution in [3.8, 4) is 0 Å². The van der Waals surface area contributed by atoms with E-state index in [2.05, 4.69) is 24.5 Å². The molecule has 0 saturated heterocycles. The maximum Gasteiger partial charge on any atom is 0.126 e. The van der Waals surface area contributed by atoms with E-state index in [-0.39, 0.29) is 17.8 Å². The first kappa shape index (κ1) is 16.0. The zero-order chi connectivity index (χ0) is 15.2. The molecule has 4 heteroatoms. The molecule has 112 valence electrons. The molecule has 0 aliphatic heterocycles. The largest absolute Gasteiger partial charge is 0.271 e. The van der Waals surface area contributed by atoms with Gasteiger partial charge in [-0.05, 0) is 42.2 Å². The molecule has 2 aromatic rings. The summed E-state index contributed by atoms with van der Waals surface area (Å²) in [5.74, 6) is 5.69. The molecular weight excluding hydrogens is 287 g/mol. The highest BCUT2D eigenvalue weighted by Crippen LogP contribution is 2.26. The number of hydrazine groups is 1. The molecule has 0 aliphatic carbocycles. The normalized spacial score (nSPS) is 13.9. The first-order valence-electron chi connectivity index (χ1n) is 7.10. The van der Waals surface area contributed by atoms with Crippen LogP contribution in [0.25, 0.3) is 0 Å². The van der Waals surface area contributed by atoms with Gasteiger partial charge < -0.3 is 0 Å². The van der Waals surface area contributed by atoms with Gasteiger partial charge in [0, 0.05) is 17.0 Å². The van der Waals surface area contributed by atoms with Crippen LogP contribution in [-0.4, -0.2) is 6.04 Å². The molecule has 3 N–H and O–H groups in total. The van der Waals surface area contributed by atoms with Gasteiger partial charge >= 0.3 is 0 Å². The summed E-state index contributed by atoms with van der Waals surface area (Å²) in [6.07, 6.45) is 1.41. The minimum Gasteiger partial charge on any atom is -0.271 e. The summed E-state index contributed by atoms with van der Waals surface area (Å²) in [5, 5.41) is 0.537. The lowest BCUT2D eigenvalue weighted by Crippen LogP contribution is -2.41. The Labute approximate surface area is 130 Å². The van der Waals surface area contributed by atoms with Crippen molar-refractivity contribution >= 4 is 11.6 Å². The molecule has 0 aliphatic rings. The number of benzene rings is 2. The molecule has 21 heavy (non-hydrogen) atoms. The number of hydrogen-bond donors (Lipinski definition) is 2. The van der Waals surface area contributed by atoms with E-state index >= 15 is 0 Å². The van der Waals surface area contributed by atoms with Crippen molar-refractivity contribution < 1.29 is 4.39 Å². The third-order valence-corrected chi connectivity index (χ3v) is 4.05. The number of nitrogens with two attached hydrogens (primary N) is 1. The van der Waals surface area contributed by atoms with Gasteiger partial charge in [-0.1, -0.05) is 48.9 Å². The van der Waals surface area contributed by atoms with Gasteiger partial charge in [-0.2, -0.15) is 0 Å². The van der Waals surface area contributed by atoms with Crippen molar-refractivity contribution in [1.29, 1.82) is 0 Å². The van der Waals surface area contributed by atoms with Crippen LogP contribution in [0.15, 0.2) is 48.5 Å². The number of rotatable bonds is 6. The van der Waals surface area contributed by atoms with Crippen LogP contribution in [0.1, 0.15) is 30.4 Å². The summed E-state index contributed by atoms with van der Waals surface area (Å²) < 4.78 is 13.9. The predicted octanol–water partition coefficient (Wildman–Crippen LogP) is 4.05. The van der Waals surface area contributed by atoms with Gasteiger partial charge in [0.15, 0.2) is 0 Å².